The number of hydrogen-bond donors (Lipinski definition) is 1. The maximum absolute atomic E-state index is 12.3. The third-order valence-corrected chi connectivity index (χ3v) is 8.50. The van der Waals surface area contributed by atoms with Crippen LogP contribution in [0.5, 0.6) is 0 Å². The molecule has 0 spiro atoms. The van der Waals surface area contributed by atoms with Crippen LogP contribution in [0.4, 0.5) is 0 Å². The Hall–Kier alpha value is -2.24. The molecule has 4 nitrogen and oxygen atoms in total. The molecule has 1 aromatic carbocycles. The number of Topliss-reactive ketones (excluding diaryl/α,β-unsaturated/α-hetero) is 1. The number of carbonyl (C=O) groups is 2. The van der Waals surface area contributed by atoms with Gasteiger partial charge in [0.2, 0.25) is 0 Å². The highest BCUT2D eigenvalue weighted by Gasteiger charge is 2.30. The molecule has 2 aliphatic rings. The summed E-state index contributed by atoms with van der Waals surface area (Å²) in [4.78, 5) is 27.8. The lowest BCUT2D eigenvalue weighted by atomic mass is 9.75. The predicted octanol–water partition coefficient (Wildman–Crippen LogP) is 6.55. The van der Waals surface area contributed by atoms with Crippen LogP contribution in [-0.4, -0.2) is 41.4 Å². The van der Waals surface area contributed by atoms with Crippen LogP contribution in [0.1, 0.15) is 73.7 Å². The van der Waals surface area contributed by atoms with Crippen LogP contribution in [0.3, 0.4) is 0 Å². The molecule has 2 heterocycles. The second-order valence-electron chi connectivity index (χ2n) is 9.82. The van der Waals surface area contributed by atoms with Gasteiger partial charge in [-0.15, -0.1) is 11.3 Å². The van der Waals surface area contributed by atoms with E-state index in [1.54, 1.807) is 6.92 Å². The number of thiophene rings is 1. The van der Waals surface area contributed by atoms with E-state index in [9.17, 15) is 14.7 Å². The molecular formula is C28H35NO3S. The Labute approximate surface area is 201 Å². The van der Waals surface area contributed by atoms with Crippen LogP contribution in [0.2, 0.25) is 0 Å². The predicted molar refractivity (Wildman–Crippen MR) is 136 cm³/mol. The highest BCUT2D eigenvalue weighted by Crippen LogP contribution is 2.43. The van der Waals surface area contributed by atoms with Crippen molar-refractivity contribution in [3.8, 4) is 10.4 Å². The smallest absolute Gasteiger partial charge is 0.346 e. The topological polar surface area (TPSA) is 57.6 Å². The van der Waals surface area contributed by atoms with Crippen molar-refractivity contribution >= 4 is 28.7 Å². The Morgan fingerprint density at radius 1 is 1.15 bits per heavy atom. The highest BCUT2D eigenvalue weighted by atomic mass is 32.1. The molecule has 1 fully saturated rings. The van der Waals surface area contributed by atoms with Crippen molar-refractivity contribution in [3.05, 3.63) is 51.9 Å². The van der Waals surface area contributed by atoms with Crippen LogP contribution in [0.25, 0.3) is 16.0 Å². The number of hydrogen-bond acceptors (Lipinski definition) is 4. The Morgan fingerprint density at radius 3 is 2.58 bits per heavy atom. The van der Waals surface area contributed by atoms with Gasteiger partial charge in [-0.05, 0) is 79.0 Å². The lowest BCUT2D eigenvalue weighted by Crippen LogP contribution is -2.34. The SMILES string of the molecule is CCN1CCC(c2cc(-c3cccc(CC(C)=O)c3)sc2C(=O)O)=C(C2CCC(C)CC2)C1. The summed E-state index contributed by atoms with van der Waals surface area (Å²) >= 11 is 1.37. The molecule has 1 N–H and O–H groups in total. The van der Waals surface area contributed by atoms with E-state index < -0.39 is 5.97 Å². The lowest BCUT2D eigenvalue weighted by molar-refractivity contribution is -0.116. The zero-order valence-corrected chi connectivity index (χ0v) is 20.8. The normalized spacial score (nSPS) is 21.9. The van der Waals surface area contributed by atoms with E-state index in [1.807, 2.05) is 24.3 Å². The second kappa shape index (κ2) is 10.4. The summed E-state index contributed by atoms with van der Waals surface area (Å²) < 4.78 is 0. The zero-order chi connectivity index (χ0) is 23.5. The van der Waals surface area contributed by atoms with E-state index in [1.165, 1.54) is 48.2 Å². The molecule has 1 aromatic heterocycles. The number of carbonyl (C=O) groups excluding carboxylic acids is 1. The third kappa shape index (κ3) is 5.47. The van der Waals surface area contributed by atoms with E-state index in [4.69, 9.17) is 0 Å². The Morgan fingerprint density at radius 2 is 1.91 bits per heavy atom. The zero-order valence-electron chi connectivity index (χ0n) is 20.0. The fourth-order valence-corrected chi connectivity index (χ4v) is 6.47. The summed E-state index contributed by atoms with van der Waals surface area (Å²) in [5, 5.41) is 10.1. The molecule has 0 saturated heterocycles. The third-order valence-electron chi connectivity index (χ3n) is 7.33. The summed E-state index contributed by atoms with van der Waals surface area (Å²) in [5.41, 5.74) is 5.64. The summed E-state index contributed by atoms with van der Waals surface area (Å²) in [7, 11) is 0. The van der Waals surface area contributed by atoms with E-state index in [0.29, 0.717) is 17.2 Å². The number of nitrogens with zero attached hydrogens (tertiary/aromatic N) is 1. The van der Waals surface area contributed by atoms with Crippen molar-refractivity contribution in [1.82, 2.24) is 4.90 Å². The van der Waals surface area contributed by atoms with Gasteiger partial charge < -0.3 is 5.11 Å². The first-order chi connectivity index (χ1) is 15.9. The van der Waals surface area contributed by atoms with Crippen molar-refractivity contribution in [3.63, 3.8) is 0 Å². The first-order valence-corrected chi connectivity index (χ1v) is 13.1. The van der Waals surface area contributed by atoms with E-state index >= 15 is 0 Å². The molecule has 1 aliphatic carbocycles. The number of aromatic carboxylic acids is 1. The van der Waals surface area contributed by atoms with Crippen molar-refractivity contribution in [2.75, 3.05) is 19.6 Å². The second-order valence-corrected chi connectivity index (χ2v) is 10.9. The number of likely N-dealkylation sites (N-methyl/N-ethyl adjacent to an activating group) is 1. The average Bonchev–Trinajstić information content (AvgIpc) is 3.25. The van der Waals surface area contributed by atoms with Crippen LogP contribution in [-0.2, 0) is 11.2 Å². The van der Waals surface area contributed by atoms with Gasteiger partial charge in [-0.25, -0.2) is 4.79 Å². The number of benzene rings is 1. The molecule has 2 aromatic rings. The number of rotatable bonds is 7. The van der Waals surface area contributed by atoms with E-state index in [0.717, 1.165) is 53.5 Å². The van der Waals surface area contributed by atoms with Gasteiger partial charge in [-0.1, -0.05) is 44.9 Å². The average molecular weight is 466 g/mol. The minimum absolute atomic E-state index is 0.129. The minimum atomic E-state index is -0.844. The number of ketones is 1. The molecular weight excluding hydrogens is 430 g/mol. The minimum Gasteiger partial charge on any atom is -0.477 e. The first-order valence-electron chi connectivity index (χ1n) is 12.3. The Bertz CT molecular complexity index is 1060. The molecule has 33 heavy (non-hydrogen) atoms. The van der Waals surface area contributed by atoms with Gasteiger partial charge in [-0.3, -0.25) is 9.69 Å². The lowest BCUT2D eigenvalue weighted by Gasteiger charge is -2.36. The molecule has 0 atom stereocenters. The monoisotopic (exact) mass is 465 g/mol. The largest absolute Gasteiger partial charge is 0.477 e. The Kier molecular flexibility index (Phi) is 7.50. The standard InChI is InChI=1S/C28H35NO3S/c1-4-29-13-12-23(25(17-29)21-10-8-18(2)9-11-21)24-16-26(33-27(24)28(31)32)22-7-5-6-20(15-22)14-19(3)30/h5-7,15-16,18,21H,4,8-14,17H2,1-3H3,(H,31,32). The molecule has 1 saturated carbocycles. The molecule has 0 unspecified atom stereocenters. The summed E-state index contributed by atoms with van der Waals surface area (Å²) in [6, 6.07) is 10.1. The molecule has 0 bridgehead atoms. The van der Waals surface area contributed by atoms with Crippen molar-refractivity contribution < 1.29 is 14.7 Å². The van der Waals surface area contributed by atoms with Crippen LogP contribution in [0.15, 0.2) is 35.9 Å². The Balaban J connectivity index is 1.77. The van der Waals surface area contributed by atoms with Gasteiger partial charge in [0.05, 0.1) is 0 Å². The molecule has 4 rings (SSSR count). The van der Waals surface area contributed by atoms with Crippen molar-refractivity contribution in [2.45, 2.75) is 59.3 Å². The van der Waals surface area contributed by atoms with E-state index in [2.05, 4.69) is 24.8 Å². The van der Waals surface area contributed by atoms with Crippen LogP contribution in [0, 0.1) is 11.8 Å². The fourth-order valence-electron chi connectivity index (χ4n) is 5.45. The maximum atomic E-state index is 12.3. The molecule has 5 heteroatoms. The summed E-state index contributed by atoms with van der Waals surface area (Å²) in [6.07, 6.45) is 6.26. The van der Waals surface area contributed by atoms with Gasteiger partial charge in [0.15, 0.2) is 0 Å². The summed E-state index contributed by atoms with van der Waals surface area (Å²) in [6.45, 7) is 9.13. The highest BCUT2D eigenvalue weighted by molar-refractivity contribution is 7.17. The van der Waals surface area contributed by atoms with Gasteiger partial charge in [0, 0.05) is 30.0 Å². The van der Waals surface area contributed by atoms with Crippen LogP contribution < -0.4 is 0 Å². The van der Waals surface area contributed by atoms with Crippen molar-refractivity contribution in [2.24, 2.45) is 11.8 Å². The fraction of sp³-hybridized carbons (Fsp3) is 0.500. The van der Waals surface area contributed by atoms with Gasteiger partial charge in [0.25, 0.3) is 0 Å². The van der Waals surface area contributed by atoms with Gasteiger partial charge in [-0.2, -0.15) is 0 Å². The number of carboxylic acids is 1. The van der Waals surface area contributed by atoms with Gasteiger partial charge in [0.1, 0.15) is 10.7 Å². The maximum Gasteiger partial charge on any atom is 0.346 e. The van der Waals surface area contributed by atoms with E-state index in [-0.39, 0.29) is 5.78 Å². The van der Waals surface area contributed by atoms with Gasteiger partial charge >= 0.3 is 5.97 Å². The number of carboxylic acid groups (broad SMARTS) is 1. The summed E-state index contributed by atoms with van der Waals surface area (Å²) in [5.74, 6) is 0.642. The quantitative estimate of drug-likeness (QED) is 0.504. The van der Waals surface area contributed by atoms with Crippen molar-refractivity contribution in [1.29, 1.82) is 0 Å². The van der Waals surface area contributed by atoms with Crippen LogP contribution >= 0.6 is 11.3 Å². The molecule has 0 amide bonds. The molecule has 0 radical (unpaired) electrons. The molecule has 176 valence electrons. The molecule has 1 aliphatic heterocycles. The first kappa shape index (κ1) is 23.9.